The molecule has 154 valence electrons. The highest BCUT2D eigenvalue weighted by atomic mass is 19.1. The molecule has 0 radical (unpaired) electrons. The van der Waals surface area contributed by atoms with Crippen LogP contribution in [0.15, 0.2) is 36.4 Å². The summed E-state index contributed by atoms with van der Waals surface area (Å²) in [7, 11) is 2.78. The lowest BCUT2D eigenvalue weighted by Crippen LogP contribution is -2.37. The lowest BCUT2D eigenvalue weighted by atomic mass is 10.1. The van der Waals surface area contributed by atoms with E-state index in [0.29, 0.717) is 5.69 Å². The third-order valence-electron chi connectivity index (χ3n) is 4.27. The summed E-state index contributed by atoms with van der Waals surface area (Å²) in [4.78, 5) is 37.5. The summed E-state index contributed by atoms with van der Waals surface area (Å²) in [6.45, 7) is 2.91. The summed E-state index contributed by atoms with van der Waals surface area (Å²) in [5.41, 5.74) is 2.19. The maximum absolute atomic E-state index is 13.9. The third-order valence-corrected chi connectivity index (χ3v) is 4.27. The summed E-state index contributed by atoms with van der Waals surface area (Å²) < 4.78 is 23.6. The van der Waals surface area contributed by atoms with Crippen molar-refractivity contribution < 1.29 is 28.2 Å². The largest absolute Gasteiger partial charge is 0.497 e. The van der Waals surface area contributed by atoms with Gasteiger partial charge in [0.05, 0.1) is 19.2 Å². The second kappa shape index (κ2) is 9.68. The molecule has 2 amide bonds. The highest BCUT2D eigenvalue weighted by Crippen LogP contribution is 2.19. The molecule has 0 fully saturated rings. The molecule has 0 bridgehead atoms. The average Bonchev–Trinajstić information content (AvgIpc) is 2.68. The number of aryl methyl sites for hydroxylation is 2. The minimum Gasteiger partial charge on any atom is -0.497 e. The molecule has 2 aromatic rings. The molecule has 0 spiro atoms. The number of nitrogens with zero attached hydrogens (tertiary/aromatic N) is 1. The number of halogens is 1. The van der Waals surface area contributed by atoms with E-state index in [4.69, 9.17) is 9.47 Å². The van der Waals surface area contributed by atoms with Gasteiger partial charge in [-0.05, 0) is 37.1 Å². The number of para-hydroxylation sites is 1. The van der Waals surface area contributed by atoms with Crippen molar-refractivity contribution in [2.75, 3.05) is 32.6 Å². The van der Waals surface area contributed by atoms with Gasteiger partial charge in [0.25, 0.3) is 5.91 Å². The number of methoxy groups -OCH3 is 1. The lowest BCUT2D eigenvalue weighted by Gasteiger charge is -2.18. The number of amides is 2. The third kappa shape index (κ3) is 5.78. The fraction of sp³-hybridized carbons (Fsp3) is 0.286. The Bertz CT molecular complexity index is 909. The van der Waals surface area contributed by atoms with Crippen LogP contribution >= 0.6 is 0 Å². The monoisotopic (exact) mass is 402 g/mol. The standard InChI is InChI=1S/C21H23FN2O5/c1-13-6-5-7-14(2)20(13)23-18(25)11-24(3)19(26)12-29-21(27)16-9-8-15(28-4)10-17(16)22/h5-10H,11-12H2,1-4H3,(H,23,25). The van der Waals surface area contributed by atoms with E-state index in [9.17, 15) is 18.8 Å². The number of benzene rings is 2. The molecule has 8 heteroatoms. The lowest BCUT2D eigenvalue weighted by molar-refractivity contribution is -0.136. The van der Waals surface area contributed by atoms with E-state index in [1.807, 2.05) is 32.0 Å². The molecular formula is C21H23FN2O5. The van der Waals surface area contributed by atoms with E-state index < -0.39 is 24.3 Å². The van der Waals surface area contributed by atoms with Crippen LogP contribution in [0.25, 0.3) is 0 Å². The summed E-state index contributed by atoms with van der Waals surface area (Å²) in [5.74, 6) is -2.52. The smallest absolute Gasteiger partial charge is 0.341 e. The van der Waals surface area contributed by atoms with Gasteiger partial charge in [-0.3, -0.25) is 9.59 Å². The molecule has 2 aromatic carbocycles. The molecule has 0 aliphatic heterocycles. The Kier molecular flexibility index (Phi) is 7.30. The fourth-order valence-corrected chi connectivity index (χ4v) is 2.60. The van der Waals surface area contributed by atoms with Crippen molar-refractivity contribution in [3.63, 3.8) is 0 Å². The van der Waals surface area contributed by atoms with Crippen LogP contribution in [-0.2, 0) is 14.3 Å². The summed E-state index contributed by atoms with van der Waals surface area (Å²) in [6, 6.07) is 9.29. The second-order valence-electron chi connectivity index (χ2n) is 6.49. The molecular weight excluding hydrogens is 379 g/mol. The first kappa shape index (κ1) is 21.9. The van der Waals surface area contributed by atoms with Gasteiger partial charge in [-0.25, -0.2) is 9.18 Å². The van der Waals surface area contributed by atoms with E-state index in [1.54, 1.807) is 0 Å². The first-order valence-corrected chi connectivity index (χ1v) is 8.83. The van der Waals surface area contributed by atoms with Crippen molar-refractivity contribution in [3.05, 3.63) is 58.9 Å². The van der Waals surface area contributed by atoms with Gasteiger partial charge in [0.2, 0.25) is 5.91 Å². The predicted molar refractivity (Wildman–Crippen MR) is 105 cm³/mol. The zero-order valence-corrected chi connectivity index (χ0v) is 16.7. The van der Waals surface area contributed by atoms with Gasteiger partial charge in [-0.2, -0.15) is 0 Å². The number of esters is 1. The van der Waals surface area contributed by atoms with Crippen LogP contribution in [0, 0.1) is 19.7 Å². The summed E-state index contributed by atoms with van der Waals surface area (Å²) in [6.07, 6.45) is 0. The Morgan fingerprint density at radius 2 is 1.76 bits per heavy atom. The van der Waals surface area contributed by atoms with Gasteiger partial charge in [-0.1, -0.05) is 18.2 Å². The van der Waals surface area contributed by atoms with E-state index in [-0.39, 0.29) is 23.8 Å². The van der Waals surface area contributed by atoms with Crippen molar-refractivity contribution >= 4 is 23.5 Å². The number of hydrogen-bond acceptors (Lipinski definition) is 5. The molecule has 0 aliphatic carbocycles. The zero-order valence-electron chi connectivity index (χ0n) is 16.7. The number of anilines is 1. The molecule has 0 saturated heterocycles. The predicted octanol–water partition coefficient (Wildman–Crippen LogP) is 2.71. The van der Waals surface area contributed by atoms with Gasteiger partial charge < -0.3 is 19.7 Å². The van der Waals surface area contributed by atoms with Crippen LogP contribution in [0.1, 0.15) is 21.5 Å². The van der Waals surface area contributed by atoms with Crippen molar-refractivity contribution in [3.8, 4) is 5.75 Å². The van der Waals surface area contributed by atoms with Crippen molar-refractivity contribution in [1.82, 2.24) is 4.90 Å². The molecule has 29 heavy (non-hydrogen) atoms. The first-order chi connectivity index (χ1) is 13.7. The van der Waals surface area contributed by atoms with Crippen LogP contribution in [0.5, 0.6) is 5.75 Å². The number of carbonyl (C=O) groups excluding carboxylic acids is 3. The molecule has 0 aliphatic rings. The highest BCUT2D eigenvalue weighted by Gasteiger charge is 2.19. The second-order valence-corrected chi connectivity index (χ2v) is 6.49. The number of rotatable bonds is 7. The summed E-state index contributed by atoms with van der Waals surface area (Å²) in [5, 5.41) is 2.77. The molecule has 0 heterocycles. The number of hydrogen-bond donors (Lipinski definition) is 1. The molecule has 0 saturated carbocycles. The Labute approximate surface area is 168 Å². The van der Waals surface area contributed by atoms with Gasteiger partial charge >= 0.3 is 5.97 Å². The van der Waals surface area contributed by atoms with Crippen LogP contribution in [0.4, 0.5) is 10.1 Å². The molecule has 0 unspecified atom stereocenters. The van der Waals surface area contributed by atoms with E-state index in [1.165, 1.54) is 26.3 Å². The number of likely N-dealkylation sites (N-methyl/N-ethyl adjacent to an activating group) is 1. The van der Waals surface area contributed by atoms with Crippen LogP contribution in [-0.4, -0.2) is 50.0 Å². The number of nitrogens with one attached hydrogen (secondary N) is 1. The Morgan fingerprint density at radius 1 is 1.10 bits per heavy atom. The normalized spacial score (nSPS) is 10.2. The maximum atomic E-state index is 13.9. The number of ether oxygens (including phenoxy) is 2. The van der Waals surface area contributed by atoms with Crippen molar-refractivity contribution in [2.24, 2.45) is 0 Å². The molecule has 7 nitrogen and oxygen atoms in total. The SMILES string of the molecule is COc1ccc(C(=O)OCC(=O)N(C)CC(=O)Nc2c(C)cccc2C)c(F)c1. The van der Waals surface area contributed by atoms with Gasteiger partial charge in [0.1, 0.15) is 11.6 Å². The van der Waals surface area contributed by atoms with E-state index in [2.05, 4.69) is 5.32 Å². The highest BCUT2D eigenvalue weighted by molar-refractivity contribution is 5.96. The van der Waals surface area contributed by atoms with Gasteiger partial charge in [-0.15, -0.1) is 0 Å². The molecule has 0 aromatic heterocycles. The Morgan fingerprint density at radius 3 is 2.34 bits per heavy atom. The Balaban J connectivity index is 1.88. The van der Waals surface area contributed by atoms with Crippen LogP contribution in [0.2, 0.25) is 0 Å². The summed E-state index contributed by atoms with van der Waals surface area (Å²) >= 11 is 0. The number of carbonyl (C=O) groups is 3. The van der Waals surface area contributed by atoms with Crippen molar-refractivity contribution in [1.29, 1.82) is 0 Å². The van der Waals surface area contributed by atoms with Crippen molar-refractivity contribution in [2.45, 2.75) is 13.8 Å². The molecule has 0 atom stereocenters. The maximum Gasteiger partial charge on any atom is 0.341 e. The quantitative estimate of drug-likeness (QED) is 0.720. The fourth-order valence-electron chi connectivity index (χ4n) is 2.60. The van der Waals surface area contributed by atoms with Gasteiger partial charge in [0, 0.05) is 18.8 Å². The van der Waals surface area contributed by atoms with Gasteiger partial charge in [0.15, 0.2) is 6.61 Å². The van der Waals surface area contributed by atoms with E-state index >= 15 is 0 Å². The zero-order chi connectivity index (χ0) is 21.6. The van der Waals surface area contributed by atoms with Crippen LogP contribution in [0.3, 0.4) is 0 Å². The molecule has 1 N–H and O–H groups in total. The van der Waals surface area contributed by atoms with E-state index in [0.717, 1.165) is 22.1 Å². The Hall–Kier alpha value is -3.42. The topological polar surface area (TPSA) is 84.9 Å². The minimum absolute atomic E-state index is 0.221. The molecule has 2 rings (SSSR count). The average molecular weight is 402 g/mol. The first-order valence-electron chi connectivity index (χ1n) is 8.83. The minimum atomic E-state index is -0.980. The van der Waals surface area contributed by atoms with Crippen LogP contribution < -0.4 is 10.1 Å².